The fourth-order valence-corrected chi connectivity index (χ4v) is 2.04. The minimum atomic E-state index is -0.398. The van der Waals surface area contributed by atoms with E-state index in [1.807, 2.05) is 6.08 Å². The Kier molecular flexibility index (Phi) is 3.03. The topological polar surface area (TPSA) is 35.5 Å². The summed E-state index contributed by atoms with van der Waals surface area (Å²) in [5.74, 6) is -0.325. The van der Waals surface area contributed by atoms with E-state index < -0.39 is 5.79 Å². The van der Waals surface area contributed by atoms with Crippen LogP contribution in [0, 0.1) is 0 Å². The monoisotopic (exact) mass is 208 g/mol. The first-order chi connectivity index (χ1) is 7.20. The number of carbonyl (C=O) groups is 1. The summed E-state index contributed by atoms with van der Waals surface area (Å²) in [6, 6.07) is 0. The van der Waals surface area contributed by atoms with E-state index in [4.69, 9.17) is 9.47 Å². The molecule has 0 aromatic heterocycles. The Hall–Kier alpha value is -0.930. The summed E-state index contributed by atoms with van der Waals surface area (Å²) >= 11 is 0. The van der Waals surface area contributed by atoms with Crippen molar-refractivity contribution in [2.75, 3.05) is 13.2 Å². The first kappa shape index (κ1) is 10.6. The van der Waals surface area contributed by atoms with Gasteiger partial charge in [-0.25, -0.2) is 0 Å². The molecular weight excluding hydrogens is 192 g/mol. The third kappa shape index (κ3) is 2.55. The molecule has 1 saturated heterocycles. The van der Waals surface area contributed by atoms with Gasteiger partial charge in [0.15, 0.2) is 11.6 Å². The fraction of sp³-hybridized carbons (Fsp3) is 0.583. The van der Waals surface area contributed by atoms with E-state index in [0.29, 0.717) is 13.2 Å². The predicted octanol–water partition coefficient (Wildman–Crippen LogP) is 1.98. The van der Waals surface area contributed by atoms with Gasteiger partial charge in [-0.3, -0.25) is 4.79 Å². The third-order valence-corrected chi connectivity index (χ3v) is 2.75. The van der Waals surface area contributed by atoms with E-state index in [2.05, 4.69) is 6.08 Å². The molecule has 0 atom stereocenters. The highest BCUT2D eigenvalue weighted by molar-refractivity contribution is 5.87. The molecule has 0 bridgehead atoms. The molecular formula is C12H16O3. The van der Waals surface area contributed by atoms with Crippen LogP contribution in [0.5, 0.6) is 0 Å². The first-order valence-corrected chi connectivity index (χ1v) is 5.36. The SMILES string of the molecule is CC(=O)/C=C/C1=CCCC2(C1)OCCO2. The van der Waals surface area contributed by atoms with Gasteiger partial charge in [-0.1, -0.05) is 12.2 Å². The van der Waals surface area contributed by atoms with Gasteiger partial charge in [0.25, 0.3) is 0 Å². The second kappa shape index (κ2) is 4.29. The molecule has 2 rings (SSSR count). The van der Waals surface area contributed by atoms with Crippen LogP contribution in [-0.4, -0.2) is 24.8 Å². The lowest BCUT2D eigenvalue weighted by atomic mass is 9.93. The van der Waals surface area contributed by atoms with E-state index in [9.17, 15) is 4.79 Å². The van der Waals surface area contributed by atoms with Crippen molar-refractivity contribution in [3.63, 3.8) is 0 Å². The summed E-state index contributed by atoms with van der Waals surface area (Å²) in [5.41, 5.74) is 1.14. The van der Waals surface area contributed by atoms with Gasteiger partial charge in [-0.05, 0) is 25.0 Å². The van der Waals surface area contributed by atoms with Gasteiger partial charge in [-0.2, -0.15) is 0 Å². The van der Waals surface area contributed by atoms with Crippen LogP contribution in [0.4, 0.5) is 0 Å². The zero-order chi connectivity index (χ0) is 10.7. The number of ether oxygens (including phenoxy) is 2. The third-order valence-electron chi connectivity index (χ3n) is 2.75. The Balaban J connectivity index is 2.02. The lowest BCUT2D eigenvalue weighted by Gasteiger charge is -2.30. The zero-order valence-electron chi connectivity index (χ0n) is 8.99. The molecule has 1 fully saturated rings. The number of hydrogen-bond donors (Lipinski definition) is 0. The largest absolute Gasteiger partial charge is 0.347 e. The van der Waals surface area contributed by atoms with Crippen LogP contribution in [0.3, 0.4) is 0 Å². The summed E-state index contributed by atoms with van der Waals surface area (Å²) in [7, 11) is 0. The molecule has 82 valence electrons. The van der Waals surface area contributed by atoms with Gasteiger partial charge in [0, 0.05) is 12.8 Å². The standard InChI is InChI=1S/C12H16O3/c1-10(13)4-5-11-3-2-6-12(9-11)14-7-8-15-12/h3-5H,2,6-9H2,1H3/b5-4+. The second-order valence-corrected chi connectivity index (χ2v) is 4.05. The summed E-state index contributed by atoms with van der Waals surface area (Å²) in [6.07, 6.45) is 8.25. The molecule has 3 nitrogen and oxygen atoms in total. The normalized spacial score (nSPS) is 24.7. The van der Waals surface area contributed by atoms with E-state index >= 15 is 0 Å². The quantitative estimate of drug-likeness (QED) is 0.651. The summed E-state index contributed by atoms with van der Waals surface area (Å²) in [5, 5.41) is 0. The predicted molar refractivity (Wildman–Crippen MR) is 56.4 cm³/mol. The molecule has 1 aliphatic carbocycles. The number of rotatable bonds is 2. The lowest BCUT2D eigenvalue weighted by molar-refractivity contribution is -0.162. The van der Waals surface area contributed by atoms with Crippen LogP contribution < -0.4 is 0 Å². The van der Waals surface area contributed by atoms with Gasteiger partial charge in [-0.15, -0.1) is 0 Å². The van der Waals surface area contributed by atoms with Crippen molar-refractivity contribution >= 4 is 5.78 Å². The maximum atomic E-state index is 10.8. The Labute approximate surface area is 89.8 Å². The van der Waals surface area contributed by atoms with Crippen molar-refractivity contribution in [3.05, 3.63) is 23.8 Å². The van der Waals surface area contributed by atoms with Gasteiger partial charge < -0.3 is 9.47 Å². The Morgan fingerprint density at radius 1 is 1.47 bits per heavy atom. The van der Waals surface area contributed by atoms with Crippen LogP contribution in [0.15, 0.2) is 23.8 Å². The molecule has 0 aromatic rings. The highest BCUT2D eigenvalue weighted by atomic mass is 16.7. The summed E-state index contributed by atoms with van der Waals surface area (Å²) in [4.78, 5) is 10.8. The molecule has 0 radical (unpaired) electrons. The average molecular weight is 208 g/mol. The minimum Gasteiger partial charge on any atom is -0.347 e. The molecule has 15 heavy (non-hydrogen) atoms. The molecule has 0 saturated carbocycles. The van der Waals surface area contributed by atoms with Crippen LogP contribution in [0.2, 0.25) is 0 Å². The number of carbonyl (C=O) groups excluding carboxylic acids is 1. The maximum Gasteiger partial charge on any atom is 0.172 e. The molecule has 1 heterocycles. The zero-order valence-corrected chi connectivity index (χ0v) is 8.99. The Bertz CT molecular complexity index is 309. The average Bonchev–Trinajstić information content (AvgIpc) is 2.63. The summed E-state index contributed by atoms with van der Waals surface area (Å²) < 4.78 is 11.3. The number of ketones is 1. The van der Waals surface area contributed by atoms with Crippen LogP contribution in [-0.2, 0) is 14.3 Å². The number of allylic oxidation sites excluding steroid dienone is 3. The molecule has 1 spiro atoms. The van der Waals surface area contributed by atoms with Crippen molar-refractivity contribution in [1.82, 2.24) is 0 Å². The van der Waals surface area contributed by atoms with E-state index in [1.54, 1.807) is 13.0 Å². The van der Waals surface area contributed by atoms with E-state index in [-0.39, 0.29) is 5.78 Å². The van der Waals surface area contributed by atoms with Crippen molar-refractivity contribution in [2.24, 2.45) is 0 Å². The molecule has 3 heteroatoms. The maximum absolute atomic E-state index is 10.8. The van der Waals surface area contributed by atoms with Crippen molar-refractivity contribution < 1.29 is 14.3 Å². The first-order valence-electron chi connectivity index (χ1n) is 5.36. The van der Waals surface area contributed by atoms with E-state index in [1.165, 1.54) is 0 Å². The van der Waals surface area contributed by atoms with E-state index in [0.717, 1.165) is 24.8 Å². The lowest BCUT2D eigenvalue weighted by Crippen LogP contribution is -2.32. The molecule has 2 aliphatic rings. The van der Waals surface area contributed by atoms with Gasteiger partial charge in [0.2, 0.25) is 0 Å². The summed E-state index contributed by atoms with van der Waals surface area (Å²) in [6.45, 7) is 2.92. The molecule has 1 aliphatic heterocycles. The van der Waals surface area contributed by atoms with Crippen LogP contribution >= 0.6 is 0 Å². The van der Waals surface area contributed by atoms with Crippen molar-refractivity contribution in [2.45, 2.75) is 32.0 Å². The molecule has 0 amide bonds. The smallest absolute Gasteiger partial charge is 0.172 e. The molecule has 0 N–H and O–H groups in total. The Morgan fingerprint density at radius 2 is 2.20 bits per heavy atom. The number of hydrogen-bond acceptors (Lipinski definition) is 3. The highest BCUT2D eigenvalue weighted by Crippen LogP contribution is 2.35. The fourth-order valence-electron chi connectivity index (χ4n) is 2.04. The van der Waals surface area contributed by atoms with Crippen molar-refractivity contribution in [3.8, 4) is 0 Å². The van der Waals surface area contributed by atoms with Gasteiger partial charge >= 0.3 is 0 Å². The van der Waals surface area contributed by atoms with Crippen molar-refractivity contribution in [1.29, 1.82) is 0 Å². The van der Waals surface area contributed by atoms with Gasteiger partial charge in [0.1, 0.15) is 0 Å². The molecule has 0 unspecified atom stereocenters. The highest BCUT2D eigenvalue weighted by Gasteiger charge is 2.37. The van der Waals surface area contributed by atoms with Gasteiger partial charge in [0.05, 0.1) is 13.2 Å². The van der Waals surface area contributed by atoms with Crippen LogP contribution in [0.25, 0.3) is 0 Å². The second-order valence-electron chi connectivity index (χ2n) is 4.05. The minimum absolute atomic E-state index is 0.0729. The van der Waals surface area contributed by atoms with Crippen LogP contribution in [0.1, 0.15) is 26.2 Å². The Morgan fingerprint density at radius 3 is 2.87 bits per heavy atom. The molecule has 0 aromatic carbocycles.